The van der Waals surface area contributed by atoms with Crippen LogP contribution in [0.3, 0.4) is 0 Å². The topological polar surface area (TPSA) is 157 Å². The van der Waals surface area contributed by atoms with E-state index in [1.807, 2.05) is 0 Å². The Labute approximate surface area is 83.5 Å². The summed E-state index contributed by atoms with van der Waals surface area (Å²) in [5, 5.41) is 3.91. The monoisotopic (exact) mass is 212 g/mol. The van der Waals surface area contributed by atoms with Crippen LogP contribution in [0.5, 0.6) is 0 Å². The highest BCUT2D eigenvalue weighted by atomic mass is 16.2. The van der Waals surface area contributed by atoms with Crippen molar-refractivity contribution in [2.24, 2.45) is 22.3 Å². The van der Waals surface area contributed by atoms with Gasteiger partial charge in [0.05, 0.1) is 0 Å². The molecule has 0 bridgehead atoms. The first-order valence-corrected chi connectivity index (χ1v) is 3.68. The predicted molar refractivity (Wildman–Crippen MR) is 48.5 cm³/mol. The molecule has 7 N–H and O–H groups in total. The number of nitrogens with one attached hydrogen (secondary N) is 1. The van der Waals surface area contributed by atoms with Crippen LogP contribution in [0.2, 0.25) is 0 Å². The van der Waals surface area contributed by atoms with Gasteiger partial charge in [0.25, 0.3) is 11.8 Å². The van der Waals surface area contributed by atoms with Crippen molar-refractivity contribution in [3.8, 4) is 0 Å². The van der Waals surface area contributed by atoms with Crippen LogP contribution in [-0.4, -0.2) is 28.7 Å². The quantitative estimate of drug-likeness (QED) is 0.387. The molecule has 0 fully saturated rings. The van der Waals surface area contributed by atoms with Gasteiger partial charge in [0.2, 0.25) is 0 Å². The van der Waals surface area contributed by atoms with Gasteiger partial charge >= 0.3 is 6.03 Å². The summed E-state index contributed by atoms with van der Waals surface area (Å²) < 4.78 is 0. The fraction of sp³-hybridized carbons (Fsp3) is 0. The van der Waals surface area contributed by atoms with Crippen LogP contribution in [0.15, 0.2) is 16.9 Å². The van der Waals surface area contributed by atoms with Crippen molar-refractivity contribution in [3.63, 3.8) is 0 Å². The molecule has 80 valence electrons. The molecular weight excluding hydrogens is 204 g/mol. The Morgan fingerprint density at radius 2 is 1.80 bits per heavy atom. The predicted octanol–water partition coefficient (Wildman–Crippen LogP) is -2.90. The maximum Gasteiger partial charge on any atom is 0.355 e. The summed E-state index contributed by atoms with van der Waals surface area (Å²) >= 11 is 0. The molecule has 0 radical (unpaired) electrons. The lowest BCUT2D eigenvalue weighted by Crippen LogP contribution is -2.48. The van der Waals surface area contributed by atoms with E-state index in [9.17, 15) is 14.4 Å². The normalized spacial score (nSPS) is 14.8. The van der Waals surface area contributed by atoms with E-state index in [1.165, 1.54) is 0 Å². The van der Waals surface area contributed by atoms with Crippen LogP contribution >= 0.6 is 0 Å². The van der Waals surface area contributed by atoms with Crippen molar-refractivity contribution in [3.05, 3.63) is 11.8 Å². The van der Waals surface area contributed by atoms with E-state index in [0.717, 1.165) is 6.08 Å². The second-order valence-electron chi connectivity index (χ2n) is 2.53. The molecule has 9 heteroatoms. The van der Waals surface area contributed by atoms with Crippen LogP contribution in [0, 0.1) is 0 Å². The smallest absolute Gasteiger partial charge is 0.355 e. The standard InChI is InChI=1S/C6H8N6O3/c7-4(13)2-1-3(5(8)14)11-12(10-2)6(9)15/h1,10H,(H2,7,13)(H2,8,14)(H2,9,15). The third kappa shape index (κ3) is 2.21. The molecule has 1 heterocycles. The average molecular weight is 212 g/mol. The van der Waals surface area contributed by atoms with Crippen molar-refractivity contribution >= 4 is 23.6 Å². The van der Waals surface area contributed by atoms with Crippen molar-refractivity contribution in [2.75, 3.05) is 0 Å². The number of carbonyl (C=O) groups is 3. The van der Waals surface area contributed by atoms with E-state index in [2.05, 4.69) is 10.5 Å². The van der Waals surface area contributed by atoms with Gasteiger partial charge in [-0.15, -0.1) is 10.2 Å². The van der Waals surface area contributed by atoms with Crippen LogP contribution in [0.1, 0.15) is 0 Å². The molecular formula is C6H8N6O3. The molecule has 0 aliphatic carbocycles. The number of hydrazine groups is 1. The number of hydrazone groups is 1. The molecule has 0 saturated heterocycles. The number of nitrogens with two attached hydrogens (primary N) is 3. The number of urea groups is 1. The van der Waals surface area contributed by atoms with Gasteiger partial charge < -0.3 is 17.2 Å². The Kier molecular flexibility index (Phi) is 2.56. The molecule has 0 spiro atoms. The van der Waals surface area contributed by atoms with E-state index < -0.39 is 17.8 Å². The zero-order valence-electron chi connectivity index (χ0n) is 7.43. The fourth-order valence-electron chi connectivity index (χ4n) is 0.796. The second kappa shape index (κ2) is 3.65. The van der Waals surface area contributed by atoms with E-state index in [1.54, 1.807) is 0 Å². The Bertz CT molecular complexity index is 398. The molecule has 0 atom stereocenters. The van der Waals surface area contributed by atoms with Gasteiger partial charge in [0.15, 0.2) is 5.71 Å². The van der Waals surface area contributed by atoms with Gasteiger partial charge in [-0.3, -0.25) is 15.0 Å². The molecule has 0 aromatic rings. The highest BCUT2D eigenvalue weighted by molar-refractivity contribution is 6.43. The first-order valence-electron chi connectivity index (χ1n) is 3.68. The zero-order chi connectivity index (χ0) is 11.6. The summed E-state index contributed by atoms with van der Waals surface area (Å²) in [7, 11) is 0. The number of hydrogen-bond donors (Lipinski definition) is 4. The third-order valence-electron chi connectivity index (χ3n) is 1.44. The highest BCUT2D eigenvalue weighted by Crippen LogP contribution is 2.01. The number of carbonyl (C=O) groups excluding carboxylic acids is 3. The Morgan fingerprint density at radius 3 is 2.20 bits per heavy atom. The van der Waals surface area contributed by atoms with Crippen molar-refractivity contribution < 1.29 is 14.4 Å². The third-order valence-corrected chi connectivity index (χ3v) is 1.44. The summed E-state index contributed by atoms with van der Waals surface area (Å²) in [6.07, 6.45) is 1.02. The highest BCUT2D eigenvalue weighted by Gasteiger charge is 2.21. The summed E-state index contributed by atoms with van der Waals surface area (Å²) in [4.78, 5) is 32.3. The Balaban J connectivity index is 3.07. The summed E-state index contributed by atoms with van der Waals surface area (Å²) in [6.45, 7) is 0. The molecule has 1 aliphatic heterocycles. The van der Waals surface area contributed by atoms with Crippen molar-refractivity contribution in [1.29, 1.82) is 0 Å². The average Bonchev–Trinajstić information content (AvgIpc) is 2.16. The van der Waals surface area contributed by atoms with Crippen molar-refractivity contribution in [2.45, 2.75) is 0 Å². The lowest BCUT2D eigenvalue weighted by Gasteiger charge is -2.21. The van der Waals surface area contributed by atoms with Gasteiger partial charge in [-0.25, -0.2) is 4.79 Å². The van der Waals surface area contributed by atoms with Crippen LogP contribution < -0.4 is 22.6 Å². The Morgan fingerprint density at radius 1 is 1.20 bits per heavy atom. The molecule has 0 aromatic carbocycles. The minimum atomic E-state index is -1.01. The van der Waals surface area contributed by atoms with Gasteiger partial charge in [-0.05, 0) is 0 Å². The van der Waals surface area contributed by atoms with Crippen LogP contribution in [0.25, 0.3) is 0 Å². The maximum atomic E-state index is 10.8. The number of hydrogen-bond acceptors (Lipinski definition) is 5. The van der Waals surface area contributed by atoms with E-state index in [4.69, 9.17) is 17.2 Å². The first kappa shape index (κ1) is 10.5. The SMILES string of the molecule is NC(=O)C1=CC(C(N)=O)=NN(C(N)=O)N1. The maximum absolute atomic E-state index is 10.8. The molecule has 0 aromatic heterocycles. The molecule has 0 saturated carbocycles. The van der Waals surface area contributed by atoms with Crippen LogP contribution in [0.4, 0.5) is 4.79 Å². The van der Waals surface area contributed by atoms with Gasteiger partial charge in [0, 0.05) is 6.08 Å². The van der Waals surface area contributed by atoms with Gasteiger partial charge in [0.1, 0.15) is 5.70 Å². The second-order valence-corrected chi connectivity index (χ2v) is 2.53. The minimum Gasteiger partial charge on any atom is -0.364 e. The van der Waals surface area contributed by atoms with E-state index >= 15 is 0 Å². The first-order chi connectivity index (χ1) is 6.91. The summed E-state index contributed by atoms with van der Waals surface area (Å²) in [5.74, 6) is -1.79. The van der Waals surface area contributed by atoms with E-state index in [0.29, 0.717) is 5.12 Å². The van der Waals surface area contributed by atoms with Crippen LogP contribution in [-0.2, 0) is 9.59 Å². The molecule has 9 nitrogen and oxygen atoms in total. The Hall–Kier alpha value is -2.58. The number of nitrogens with zero attached hydrogens (tertiary/aromatic N) is 2. The molecule has 15 heavy (non-hydrogen) atoms. The van der Waals surface area contributed by atoms with Gasteiger partial charge in [-0.1, -0.05) is 0 Å². The van der Waals surface area contributed by atoms with Crippen molar-refractivity contribution in [1.82, 2.24) is 10.5 Å². The minimum absolute atomic E-state index is 0.211. The molecule has 1 aliphatic rings. The lowest BCUT2D eigenvalue weighted by molar-refractivity contribution is -0.115. The largest absolute Gasteiger partial charge is 0.364 e. The fourth-order valence-corrected chi connectivity index (χ4v) is 0.796. The number of rotatable bonds is 2. The molecule has 0 unspecified atom stereocenters. The molecule has 4 amide bonds. The summed E-state index contributed by atoms with van der Waals surface area (Å²) in [5.41, 5.74) is 16.4. The van der Waals surface area contributed by atoms with E-state index in [-0.39, 0.29) is 11.4 Å². The lowest BCUT2D eigenvalue weighted by atomic mass is 10.2. The number of amides is 4. The zero-order valence-corrected chi connectivity index (χ0v) is 7.43. The number of primary amides is 3. The molecule has 1 rings (SSSR count). The summed E-state index contributed by atoms with van der Waals surface area (Å²) in [6, 6.07) is -1.01. The van der Waals surface area contributed by atoms with Gasteiger partial charge in [-0.2, -0.15) is 0 Å².